The summed E-state index contributed by atoms with van der Waals surface area (Å²) in [4.78, 5) is 11.4. The number of hydrogen-bond acceptors (Lipinski definition) is 3. The molecule has 0 heterocycles. The highest BCUT2D eigenvalue weighted by Gasteiger charge is 2.26. The summed E-state index contributed by atoms with van der Waals surface area (Å²) >= 11 is 0. The van der Waals surface area contributed by atoms with E-state index in [4.69, 9.17) is 10.5 Å². The van der Waals surface area contributed by atoms with Crippen LogP contribution in [-0.4, -0.2) is 32.0 Å². The van der Waals surface area contributed by atoms with Crippen molar-refractivity contribution >= 4 is 18.3 Å². The van der Waals surface area contributed by atoms with Gasteiger partial charge in [0.2, 0.25) is 5.91 Å². The van der Waals surface area contributed by atoms with E-state index in [0.717, 1.165) is 5.56 Å². The van der Waals surface area contributed by atoms with Gasteiger partial charge < -0.3 is 15.8 Å². The molecular formula is C12H17ClF2N2O2. The van der Waals surface area contributed by atoms with Crippen molar-refractivity contribution in [2.45, 2.75) is 12.3 Å². The molecule has 1 aromatic rings. The molecule has 0 aliphatic rings. The summed E-state index contributed by atoms with van der Waals surface area (Å²) in [7, 11) is 1.54. The fourth-order valence-corrected chi connectivity index (χ4v) is 1.29. The van der Waals surface area contributed by atoms with Gasteiger partial charge in [-0.3, -0.25) is 4.79 Å². The van der Waals surface area contributed by atoms with Crippen LogP contribution in [0, 0.1) is 0 Å². The summed E-state index contributed by atoms with van der Waals surface area (Å²) in [5.74, 6) is -2.85. The first-order valence-electron chi connectivity index (χ1n) is 5.44. The topological polar surface area (TPSA) is 64.3 Å². The van der Waals surface area contributed by atoms with Gasteiger partial charge in [-0.2, -0.15) is 0 Å². The van der Waals surface area contributed by atoms with Gasteiger partial charge in [-0.05, 0) is 17.7 Å². The molecular weight excluding hydrogens is 278 g/mol. The number of nitrogens with two attached hydrogens (primary N) is 1. The number of carbonyl (C=O) groups is 1. The molecule has 0 aliphatic carbocycles. The molecule has 0 aliphatic heterocycles. The Morgan fingerprint density at radius 1 is 1.37 bits per heavy atom. The molecule has 108 valence electrons. The van der Waals surface area contributed by atoms with Crippen LogP contribution in [0.1, 0.15) is 5.56 Å². The number of ether oxygens (including phenoxy) is 1. The summed E-state index contributed by atoms with van der Waals surface area (Å²) in [5.41, 5.74) is 5.59. The minimum Gasteiger partial charge on any atom is -0.497 e. The summed E-state index contributed by atoms with van der Waals surface area (Å²) < 4.78 is 30.6. The summed E-state index contributed by atoms with van der Waals surface area (Å²) in [6, 6.07) is 6.83. The predicted molar refractivity (Wildman–Crippen MR) is 71.0 cm³/mol. The fourth-order valence-electron chi connectivity index (χ4n) is 1.29. The van der Waals surface area contributed by atoms with Crippen molar-refractivity contribution < 1.29 is 18.3 Å². The van der Waals surface area contributed by atoms with Crippen molar-refractivity contribution in [2.75, 3.05) is 20.2 Å². The van der Waals surface area contributed by atoms with Crippen LogP contribution in [0.3, 0.4) is 0 Å². The Hall–Kier alpha value is -1.40. The maximum atomic E-state index is 12.8. The van der Waals surface area contributed by atoms with Crippen LogP contribution in [0.5, 0.6) is 5.75 Å². The SMILES string of the molecule is COc1ccc(CC(=O)NCC(F)(F)CN)cc1.Cl. The molecule has 4 nitrogen and oxygen atoms in total. The first-order chi connectivity index (χ1) is 8.46. The second-order valence-electron chi connectivity index (χ2n) is 3.86. The minimum absolute atomic E-state index is 0. The smallest absolute Gasteiger partial charge is 0.277 e. The van der Waals surface area contributed by atoms with Gasteiger partial charge in [-0.15, -0.1) is 12.4 Å². The Balaban J connectivity index is 0.00000324. The molecule has 3 N–H and O–H groups in total. The van der Waals surface area contributed by atoms with E-state index in [2.05, 4.69) is 5.32 Å². The van der Waals surface area contributed by atoms with Crippen molar-refractivity contribution in [3.8, 4) is 5.75 Å². The first-order valence-corrected chi connectivity index (χ1v) is 5.44. The third-order valence-corrected chi connectivity index (χ3v) is 2.37. The van der Waals surface area contributed by atoms with Crippen LogP contribution in [0.25, 0.3) is 0 Å². The van der Waals surface area contributed by atoms with Gasteiger partial charge in [0.15, 0.2) is 0 Å². The molecule has 1 rings (SSSR count). The van der Waals surface area contributed by atoms with Crippen LogP contribution < -0.4 is 15.8 Å². The second-order valence-corrected chi connectivity index (χ2v) is 3.86. The Morgan fingerprint density at radius 2 is 1.95 bits per heavy atom. The molecule has 0 atom stereocenters. The van der Waals surface area contributed by atoms with E-state index in [1.807, 2.05) is 0 Å². The molecule has 0 radical (unpaired) electrons. The van der Waals surface area contributed by atoms with E-state index in [0.29, 0.717) is 5.75 Å². The summed E-state index contributed by atoms with van der Waals surface area (Å²) in [6.45, 7) is -1.52. The third-order valence-electron chi connectivity index (χ3n) is 2.37. The number of methoxy groups -OCH3 is 1. The van der Waals surface area contributed by atoms with Crippen LogP contribution in [0.15, 0.2) is 24.3 Å². The maximum absolute atomic E-state index is 12.8. The van der Waals surface area contributed by atoms with E-state index in [9.17, 15) is 13.6 Å². The van der Waals surface area contributed by atoms with E-state index < -0.39 is 24.9 Å². The zero-order valence-corrected chi connectivity index (χ0v) is 11.3. The van der Waals surface area contributed by atoms with Crippen molar-refractivity contribution in [2.24, 2.45) is 5.73 Å². The largest absolute Gasteiger partial charge is 0.497 e. The lowest BCUT2D eigenvalue weighted by Gasteiger charge is -2.14. The van der Waals surface area contributed by atoms with Crippen molar-refractivity contribution in [1.29, 1.82) is 0 Å². The van der Waals surface area contributed by atoms with E-state index >= 15 is 0 Å². The number of benzene rings is 1. The van der Waals surface area contributed by atoms with Crippen molar-refractivity contribution in [3.05, 3.63) is 29.8 Å². The number of rotatable bonds is 6. The first kappa shape index (κ1) is 17.6. The van der Waals surface area contributed by atoms with Gasteiger partial charge in [0, 0.05) is 0 Å². The zero-order valence-electron chi connectivity index (χ0n) is 10.5. The highest BCUT2D eigenvalue weighted by molar-refractivity contribution is 5.85. The van der Waals surface area contributed by atoms with Crippen LogP contribution in [0.4, 0.5) is 8.78 Å². The molecule has 0 unspecified atom stereocenters. The normalized spacial score (nSPS) is 10.5. The highest BCUT2D eigenvalue weighted by Crippen LogP contribution is 2.12. The van der Waals surface area contributed by atoms with E-state index in [-0.39, 0.29) is 18.8 Å². The standard InChI is InChI=1S/C12H16F2N2O2.ClH/c1-18-10-4-2-9(3-5-10)6-11(17)16-8-12(13,14)7-15;/h2-5H,6-8,15H2,1H3,(H,16,17);1H. The monoisotopic (exact) mass is 294 g/mol. The third kappa shape index (κ3) is 6.35. The average molecular weight is 295 g/mol. The molecule has 1 aromatic carbocycles. The highest BCUT2D eigenvalue weighted by atomic mass is 35.5. The minimum atomic E-state index is -3.06. The van der Waals surface area contributed by atoms with E-state index in [1.165, 1.54) is 7.11 Å². The van der Waals surface area contributed by atoms with Gasteiger partial charge in [-0.1, -0.05) is 12.1 Å². The van der Waals surface area contributed by atoms with Gasteiger partial charge in [0.25, 0.3) is 5.92 Å². The molecule has 19 heavy (non-hydrogen) atoms. The molecule has 0 saturated carbocycles. The Kier molecular flexibility index (Phi) is 7.33. The zero-order chi connectivity index (χ0) is 13.6. The van der Waals surface area contributed by atoms with Gasteiger partial charge in [-0.25, -0.2) is 8.78 Å². The fraction of sp³-hybridized carbons (Fsp3) is 0.417. The van der Waals surface area contributed by atoms with Crippen LogP contribution in [0.2, 0.25) is 0 Å². The lowest BCUT2D eigenvalue weighted by molar-refractivity contribution is -0.122. The molecule has 1 amide bonds. The number of hydrogen-bond donors (Lipinski definition) is 2. The van der Waals surface area contributed by atoms with Gasteiger partial charge >= 0.3 is 0 Å². The quantitative estimate of drug-likeness (QED) is 0.833. The van der Waals surface area contributed by atoms with Crippen LogP contribution in [-0.2, 0) is 11.2 Å². The molecule has 0 saturated heterocycles. The predicted octanol–water partition coefficient (Wildman–Crippen LogP) is 1.37. The molecule has 7 heteroatoms. The molecule has 0 aromatic heterocycles. The maximum Gasteiger partial charge on any atom is 0.277 e. The average Bonchev–Trinajstić information content (AvgIpc) is 2.37. The molecule has 0 spiro atoms. The Labute approximate surface area is 116 Å². The van der Waals surface area contributed by atoms with E-state index in [1.54, 1.807) is 24.3 Å². The van der Waals surface area contributed by atoms with Crippen LogP contribution >= 0.6 is 12.4 Å². The lowest BCUT2D eigenvalue weighted by atomic mass is 10.1. The Morgan fingerprint density at radius 3 is 2.42 bits per heavy atom. The number of nitrogens with one attached hydrogen (secondary N) is 1. The lowest BCUT2D eigenvalue weighted by Crippen LogP contribution is -2.42. The van der Waals surface area contributed by atoms with Gasteiger partial charge in [0.05, 0.1) is 26.6 Å². The number of carbonyl (C=O) groups excluding carboxylic acids is 1. The van der Waals surface area contributed by atoms with Gasteiger partial charge in [0.1, 0.15) is 5.75 Å². The summed E-state index contributed by atoms with van der Waals surface area (Å²) in [6.07, 6.45) is 0.0463. The number of alkyl halides is 2. The molecule has 0 fully saturated rings. The number of amides is 1. The summed E-state index contributed by atoms with van der Waals surface area (Å²) in [5, 5.41) is 2.15. The second kappa shape index (κ2) is 7.91. The van der Waals surface area contributed by atoms with Crippen molar-refractivity contribution in [1.82, 2.24) is 5.32 Å². The number of halogens is 3. The molecule has 0 bridgehead atoms. The van der Waals surface area contributed by atoms with Crippen molar-refractivity contribution in [3.63, 3.8) is 0 Å². The Bertz CT molecular complexity index is 399.